The van der Waals surface area contributed by atoms with Crippen LogP contribution in [0.4, 0.5) is 0 Å². The third-order valence-electron chi connectivity index (χ3n) is 2.89. The first-order valence-corrected chi connectivity index (χ1v) is 5.68. The van der Waals surface area contributed by atoms with Gasteiger partial charge in [-0.3, -0.25) is 9.69 Å². The summed E-state index contributed by atoms with van der Waals surface area (Å²) < 4.78 is 0. The molecule has 0 saturated carbocycles. The lowest BCUT2D eigenvalue weighted by atomic mass is 9.82. The molecule has 0 bridgehead atoms. The molecule has 88 valence electrons. The van der Waals surface area contributed by atoms with Crippen LogP contribution in [0.15, 0.2) is 0 Å². The number of nitrogens with one attached hydrogen (secondary N) is 1. The summed E-state index contributed by atoms with van der Waals surface area (Å²) in [6.07, 6.45) is 0. The molecule has 0 aliphatic carbocycles. The normalized spacial score (nSPS) is 25.2. The van der Waals surface area contributed by atoms with Crippen molar-refractivity contribution in [2.45, 2.75) is 53.1 Å². The molecule has 0 unspecified atom stereocenters. The van der Waals surface area contributed by atoms with Crippen LogP contribution in [0.3, 0.4) is 0 Å². The second kappa shape index (κ2) is 3.78. The molecule has 1 atom stereocenters. The van der Waals surface area contributed by atoms with Gasteiger partial charge in [-0.1, -0.05) is 20.8 Å². The van der Waals surface area contributed by atoms with Gasteiger partial charge in [0.2, 0.25) is 5.91 Å². The van der Waals surface area contributed by atoms with E-state index in [2.05, 4.69) is 51.8 Å². The highest BCUT2D eigenvalue weighted by atomic mass is 16.2. The van der Waals surface area contributed by atoms with E-state index < -0.39 is 0 Å². The van der Waals surface area contributed by atoms with E-state index in [4.69, 9.17) is 0 Å². The average molecular weight is 212 g/mol. The highest BCUT2D eigenvalue weighted by Crippen LogP contribution is 2.30. The summed E-state index contributed by atoms with van der Waals surface area (Å²) in [6.45, 7) is 14.6. The van der Waals surface area contributed by atoms with Crippen LogP contribution in [-0.2, 0) is 4.79 Å². The van der Waals surface area contributed by atoms with E-state index >= 15 is 0 Å². The summed E-state index contributed by atoms with van der Waals surface area (Å²) in [5, 5.41) is 2.96. The van der Waals surface area contributed by atoms with E-state index in [1.807, 2.05) is 0 Å². The first kappa shape index (κ1) is 12.5. The number of rotatable bonds is 0. The molecular weight excluding hydrogens is 188 g/mol. The molecule has 1 aliphatic heterocycles. The Labute approximate surface area is 93.2 Å². The van der Waals surface area contributed by atoms with Crippen LogP contribution >= 0.6 is 0 Å². The van der Waals surface area contributed by atoms with Gasteiger partial charge in [0.15, 0.2) is 0 Å². The van der Waals surface area contributed by atoms with Gasteiger partial charge < -0.3 is 5.32 Å². The molecule has 1 saturated heterocycles. The number of amides is 1. The summed E-state index contributed by atoms with van der Waals surface area (Å²) in [7, 11) is 0. The second-order valence-corrected chi connectivity index (χ2v) is 6.42. The van der Waals surface area contributed by atoms with Crippen molar-refractivity contribution in [1.82, 2.24) is 10.2 Å². The van der Waals surface area contributed by atoms with Crippen LogP contribution in [0.1, 0.15) is 41.5 Å². The highest BCUT2D eigenvalue weighted by molar-refractivity contribution is 5.83. The minimum Gasteiger partial charge on any atom is -0.353 e. The molecule has 0 radical (unpaired) electrons. The van der Waals surface area contributed by atoms with Crippen LogP contribution in [0.5, 0.6) is 0 Å². The van der Waals surface area contributed by atoms with Crippen molar-refractivity contribution in [3.8, 4) is 0 Å². The fourth-order valence-electron chi connectivity index (χ4n) is 2.25. The molecule has 1 fully saturated rings. The van der Waals surface area contributed by atoms with Gasteiger partial charge in [0.25, 0.3) is 0 Å². The SMILES string of the molecule is CC(C)(C)[C@@H]1C(=O)NCCN1C(C)(C)C. The van der Waals surface area contributed by atoms with Crippen molar-refractivity contribution >= 4 is 5.91 Å². The van der Waals surface area contributed by atoms with E-state index in [0.29, 0.717) is 0 Å². The van der Waals surface area contributed by atoms with Crippen LogP contribution in [0.2, 0.25) is 0 Å². The predicted octanol–water partition coefficient (Wildman–Crippen LogP) is 1.63. The Kier molecular flexibility index (Phi) is 3.15. The Morgan fingerprint density at radius 3 is 2.07 bits per heavy atom. The fraction of sp³-hybridized carbons (Fsp3) is 0.917. The third-order valence-corrected chi connectivity index (χ3v) is 2.89. The number of carbonyl (C=O) groups excluding carboxylic acids is 1. The maximum Gasteiger partial charge on any atom is 0.237 e. The van der Waals surface area contributed by atoms with Crippen molar-refractivity contribution in [3.63, 3.8) is 0 Å². The molecule has 1 heterocycles. The number of piperazine rings is 1. The molecule has 0 spiro atoms. The van der Waals surface area contributed by atoms with Gasteiger partial charge in [0.1, 0.15) is 0 Å². The minimum absolute atomic E-state index is 0.0161. The Morgan fingerprint density at radius 2 is 1.73 bits per heavy atom. The van der Waals surface area contributed by atoms with Gasteiger partial charge >= 0.3 is 0 Å². The van der Waals surface area contributed by atoms with Gasteiger partial charge in [-0.2, -0.15) is 0 Å². The summed E-state index contributed by atoms with van der Waals surface area (Å²) in [5.74, 6) is 0.170. The third kappa shape index (κ3) is 2.71. The van der Waals surface area contributed by atoms with Crippen LogP contribution in [0, 0.1) is 5.41 Å². The molecule has 1 N–H and O–H groups in total. The van der Waals surface area contributed by atoms with Gasteiger partial charge in [-0.25, -0.2) is 0 Å². The summed E-state index contributed by atoms with van der Waals surface area (Å²) in [5.41, 5.74) is 0.0352. The lowest BCUT2D eigenvalue weighted by molar-refractivity contribution is -0.137. The maximum atomic E-state index is 11.9. The van der Waals surface area contributed by atoms with Crippen molar-refractivity contribution in [2.24, 2.45) is 5.41 Å². The summed E-state index contributed by atoms with van der Waals surface area (Å²) in [6, 6.07) is -0.0220. The van der Waals surface area contributed by atoms with Crippen LogP contribution in [-0.4, -0.2) is 35.5 Å². The molecule has 1 amide bonds. The first-order valence-electron chi connectivity index (χ1n) is 5.68. The van der Waals surface area contributed by atoms with E-state index in [0.717, 1.165) is 13.1 Å². The monoisotopic (exact) mass is 212 g/mol. The zero-order valence-electron chi connectivity index (χ0n) is 10.8. The lowest BCUT2D eigenvalue weighted by Crippen LogP contribution is -2.64. The summed E-state index contributed by atoms with van der Waals surface area (Å²) in [4.78, 5) is 14.3. The van der Waals surface area contributed by atoms with Crippen LogP contribution < -0.4 is 5.32 Å². The molecular formula is C12H24N2O. The molecule has 3 heteroatoms. The van der Waals surface area contributed by atoms with E-state index in [1.165, 1.54) is 0 Å². The minimum atomic E-state index is -0.0220. The highest BCUT2D eigenvalue weighted by Gasteiger charge is 2.42. The van der Waals surface area contributed by atoms with Crippen molar-refractivity contribution < 1.29 is 4.79 Å². The molecule has 3 nitrogen and oxygen atoms in total. The fourth-order valence-corrected chi connectivity index (χ4v) is 2.25. The largest absolute Gasteiger partial charge is 0.353 e. The molecule has 0 aromatic carbocycles. The topological polar surface area (TPSA) is 32.3 Å². The molecule has 0 aromatic rings. The predicted molar refractivity (Wildman–Crippen MR) is 62.7 cm³/mol. The Balaban J connectivity index is 2.98. The zero-order valence-corrected chi connectivity index (χ0v) is 10.8. The lowest BCUT2D eigenvalue weighted by Gasteiger charge is -2.48. The molecule has 0 aromatic heterocycles. The van der Waals surface area contributed by atoms with E-state index in [1.54, 1.807) is 0 Å². The van der Waals surface area contributed by atoms with Crippen molar-refractivity contribution in [1.29, 1.82) is 0 Å². The Bertz CT molecular complexity index is 247. The zero-order chi connectivity index (χ0) is 11.9. The maximum absolute atomic E-state index is 11.9. The quantitative estimate of drug-likeness (QED) is 0.662. The molecule has 1 rings (SSSR count). The smallest absolute Gasteiger partial charge is 0.237 e. The Hall–Kier alpha value is -0.570. The number of hydrogen-bond acceptors (Lipinski definition) is 2. The van der Waals surface area contributed by atoms with Gasteiger partial charge in [0.05, 0.1) is 6.04 Å². The first-order chi connectivity index (χ1) is 6.64. The Morgan fingerprint density at radius 1 is 1.20 bits per heavy atom. The number of hydrogen-bond donors (Lipinski definition) is 1. The molecule has 1 aliphatic rings. The summed E-state index contributed by atoms with van der Waals surface area (Å²) >= 11 is 0. The van der Waals surface area contributed by atoms with Crippen LogP contribution in [0.25, 0.3) is 0 Å². The van der Waals surface area contributed by atoms with Gasteiger partial charge in [-0.05, 0) is 26.2 Å². The van der Waals surface area contributed by atoms with Crippen molar-refractivity contribution in [2.75, 3.05) is 13.1 Å². The number of carbonyl (C=O) groups is 1. The second-order valence-electron chi connectivity index (χ2n) is 6.42. The van der Waals surface area contributed by atoms with Crippen molar-refractivity contribution in [3.05, 3.63) is 0 Å². The number of nitrogens with zero attached hydrogens (tertiary/aromatic N) is 1. The van der Waals surface area contributed by atoms with Gasteiger partial charge in [0, 0.05) is 18.6 Å². The average Bonchev–Trinajstić information content (AvgIpc) is 1.99. The van der Waals surface area contributed by atoms with Gasteiger partial charge in [-0.15, -0.1) is 0 Å². The van der Waals surface area contributed by atoms with E-state index in [9.17, 15) is 4.79 Å². The van der Waals surface area contributed by atoms with E-state index in [-0.39, 0.29) is 22.9 Å². The molecule has 15 heavy (non-hydrogen) atoms. The standard InChI is InChI=1S/C12H24N2O/c1-11(2,3)9-10(15)13-7-8-14(9)12(4,5)6/h9H,7-8H2,1-6H3,(H,13,15)/t9-/m0/s1.